The van der Waals surface area contributed by atoms with Crippen molar-refractivity contribution < 1.29 is 19.1 Å². The maximum atomic E-state index is 11.7. The number of esters is 2. The monoisotopic (exact) mass is 358 g/mol. The number of hydrogen-bond acceptors (Lipinski definition) is 6. The highest BCUT2D eigenvalue weighted by Crippen LogP contribution is 2.03. The first-order chi connectivity index (χ1) is 12.0. The zero-order valence-corrected chi connectivity index (χ0v) is 16.7. The third kappa shape index (κ3) is 17.5. The average molecular weight is 359 g/mol. The average Bonchev–Trinajstić information content (AvgIpc) is 2.55. The Morgan fingerprint density at radius 3 is 1.80 bits per heavy atom. The maximum Gasteiger partial charge on any atom is 0.307 e. The van der Waals surface area contributed by atoms with Gasteiger partial charge in [-0.05, 0) is 72.8 Å². The summed E-state index contributed by atoms with van der Waals surface area (Å²) in [5.74, 6) is -0.226. The molecular formula is C19H38N2O4. The molecule has 0 radical (unpaired) electrons. The lowest BCUT2D eigenvalue weighted by molar-refractivity contribution is -0.145. The number of rotatable bonds is 16. The lowest BCUT2D eigenvalue weighted by Crippen LogP contribution is -2.26. The van der Waals surface area contributed by atoms with Gasteiger partial charge >= 0.3 is 11.9 Å². The van der Waals surface area contributed by atoms with Gasteiger partial charge in [-0.1, -0.05) is 6.92 Å². The second-order valence-electron chi connectivity index (χ2n) is 6.82. The summed E-state index contributed by atoms with van der Waals surface area (Å²) >= 11 is 0. The minimum absolute atomic E-state index is 0.108. The largest absolute Gasteiger partial charge is 0.466 e. The summed E-state index contributed by atoms with van der Waals surface area (Å²) in [6.07, 6.45) is 6.61. The number of ether oxygens (including phenoxy) is 2. The molecule has 0 aliphatic carbocycles. The Kier molecular flexibility index (Phi) is 15.6. The van der Waals surface area contributed by atoms with Gasteiger partial charge in [-0.2, -0.15) is 0 Å². The van der Waals surface area contributed by atoms with Crippen LogP contribution in [0.3, 0.4) is 0 Å². The fourth-order valence-electron chi connectivity index (χ4n) is 2.33. The normalized spacial score (nSPS) is 11.1. The van der Waals surface area contributed by atoms with Crippen LogP contribution in [-0.4, -0.2) is 75.7 Å². The van der Waals surface area contributed by atoms with Crippen molar-refractivity contribution >= 4 is 11.9 Å². The molecule has 0 amide bonds. The molecule has 6 nitrogen and oxygen atoms in total. The molecule has 0 aromatic carbocycles. The number of carbonyl (C=O) groups excluding carboxylic acids is 2. The fourth-order valence-corrected chi connectivity index (χ4v) is 2.33. The summed E-state index contributed by atoms with van der Waals surface area (Å²) in [6, 6.07) is 0. The molecular weight excluding hydrogens is 320 g/mol. The highest BCUT2D eigenvalue weighted by Gasteiger charge is 2.06. The van der Waals surface area contributed by atoms with E-state index in [1.165, 1.54) is 0 Å². The molecule has 148 valence electrons. The maximum absolute atomic E-state index is 11.7. The van der Waals surface area contributed by atoms with Gasteiger partial charge in [0, 0.05) is 13.0 Å². The summed E-state index contributed by atoms with van der Waals surface area (Å²) in [4.78, 5) is 27.2. The van der Waals surface area contributed by atoms with Crippen LogP contribution < -0.4 is 0 Å². The van der Waals surface area contributed by atoms with E-state index in [2.05, 4.69) is 23.9 Å². The summed E-state index contributed by atoms with van der Waals surface area (Å²) in [5, 5.41) is 0. The van der Waals surface area contributed by atoms with Crippen LogP contribution in [0.4, 0.5) is 0 Å². The van der Waals surface area contributed by atoms with Crippen molar-refractivity contribution in [2.24, 2.45) is 0 Å². The number of nitrogens with zero attached hydrogens (tertiary/aromatic N) is 2. The Labute approximate surface area is 153 Å². The van der Waals surface area contributed by atoms with Gasteiger partial charge in [0.1, 0.15) is 0 Å². The molecule has 0 N–H and O–H groups in total. The van der Waals surface area contributed by atoms with Gasteiger partial charge in [0.2, 0.25) is 0 Å². The molecule has 0 saturated heterocycles. The van der Waals surface area contributed by atoms with E-state index in [1.54, 1.807) is 0 Å². The predicted octanol–water partition coefficient (Wildman–Crippen LogP) is 2.71. The lowest BCUT2D eigenvalue weighted by atomic mass is 10.2. The van der Waals surface area contributed by atoms with Crippen LogP contribution in [0.15, 0.2) is 0 Å². The van der Waals surface area contributed by atoms with Crippen LogP contribution in [0.5, 0.6) is 0 Å². The minimum atomic E-state index is -0.118. The first kappa shape index (κ1) is 23.9. The SMILES string of the molecule is CCCC(=O)OCCCCCCOC(=O)CCN(C)CCCN(C)C. The Morgan fingerprint density at radius 1 is 0.720 bits per heavy atom. The Bertz CT molecular complexity index is 348. The number of hydrogen-bond donors (Lipinski definition) is 0. The third-order valence-corrected chi connectivity index (χ3v) is 3.86. The first-order valence-electron chi connectivity index (χ1n) is 9.60. The van der Waals surface area contributed by atoms with Crippen molar-refractivity contribution in [2.75, 3.05) is 54.0 Å². The molecule has 0 aliphatic rings. The van der Waals surface area contributed by atoms with Gasteiger partial charge in [-0.3, -0.25) is 9.59 Å². The third-order valence-electron chi connectivity index (χ3n) is 3.86. The van der Waals surface area contributed by atoms with Crippen molar-refractivity contribution in [3.63, 3.8) is 0 Å². The second-order valence-corrected chi connectivity index (χ2v) is 6.82. The summed E-state index contributed by atoms with van der Waals surface area (Å²) in [6.45, 7) is 5.75. The van der Waals surface area contributed by atoms with Gasteiger partial charge in [0.05, 0.1) is 19.6 Å². The second kappa shape index (κ2) is 16.3. The predicted molar refractivity (Wildman–Crippen MR) is 101 cm³/mol. The standard InChI is InChI=1S/C19H38N2O4/c1-5-11-18(22)24-16-8-6-7-9-17-25-19(23)12-15-21(4)14-10-13-20(2)3/h5-17H2,1-4H3. The molecule has 0 saturated carbocycles. The van der Waals surface area contributed by atoms with E-state index >= 15 is 0 Å². The zero-order chi connectivity index (χ0) is 18.9. The quantitative estimate of drug-likeness (QED) is 0.312. The van der Waals surface area contributed by atoms with Gasteiger partial charge in [0.25, 0.3) is 0 Å². The van der Waals surface area contributed by atoms with E-state index in [4.69, 9.17) is 9.47 Å². The van der Waals surface area contributed by atoms with Crippen molar-refractivity contribution in [1.82, 2.24) is 9.80 Å². The van der Waals surface area contributed by atoms with Crippen LogP contribution in [-0.2, 0) is 19.1 Å². The topological polar surface area (TPSA) is 59.1 Å². The van der Waals surface area contributed by atoms with Crippen molar-refractivity contribution in [2.45, 2.75) is 58.3 Å². The number of unbranched alkanes of at least 4 members (excludes halogenated alkanes) is 3. The molecule has 0 aromatic heterocycles. The molecule has 0 bridgehead atoms. The van der Waals surface area contributed by atoms with Gasteiger partial charge in [-0.25, -0.2) is 0 Å². The Balaban J connectivity index is 3.39. The summed E-state index contributed by atoms with van der Waals surface area (Å²) in [5.41, 5.74) is 0. The summed E-state index contributed by atoms with van der Waals surface area (Å²) < 4.78 is 10.3. The molecule has 0 unspecified atom stereocenters. The van der Waals surface area contributed by atoms with E-state index in [-0.39, 0.29) is 11.9 Å². The Morgan fingerprint density at radius 2 is 1.28 bits per heavy atom. The van der Waals surface area contributed by atoms with Crippen LogP contribution in [0.25, 0.3) is 0 Å². The molecule has 0 heterocycles. The lowest BCUT2D eigenvalue weighted by Gasteiger charge is -2.17. The molecule has 0 fully saturated rings. The van der Waals surface area contributed by atoms with Crippen LogP contribution in [0.2, 0.25) is 0 Å². The van der Waals surface area contributed by atoms with Crippen LogP contribution in [0.1, 0.15) is 58.3 Å². The van der Waals surface area contributed by atoms with Gasteiger partial charge in [0.15, 0.2) is 0 Å². The van der Waals surface area contributed by atoms with E-state index in [9.17, 15) is 9.59 Å². The molecule has 0 rings (SSSR count). The molecule has 0 aromatic rings. The van der Waals surface area contributed by atoms with Crippen molar-refractivity contribution in [3.05, 3.63) is 0 Å². The molecule has 0 aliphatic heterocycles. The van der Waals surface area contributed by atoms with E-state index in [1.807, 2.05) is 14.0 Å². The smallest absolute Gasteiger partial charge is 0.307 e. The van der Waals surface area contributed by atoms with Gasteiger partial charge < -0.3 is 19.3 Å². The molecule has 0 spiro atoms. The highest BCUT2D eigenvalue weighted by molar-refractivity contribution is 5.69. The zero-order valence-electron chi connectivity index (χ0n) is 16.7. The van der Waals surface area contributed by atoms with E-state index in [0.717, 1.165) is 58.2 Å². The summed E-state index contributed by atoms with van der Waals surface area (Å²) in [7, 11) is 6.17. The fraction of sp³-hybridized carbons (Fsp3) is 0.895. The van der Waals surface area contributed by atoms with Crippen LogP contribution >= 0.6 is 0 Å². The van der Waals surface area contributed by atoms with Crippen molar-refractivity contribution in [1.29, 1.82) is 0 Å². The van der Waals surface area contributed by atoms with Crippen molar-refractivity contribution in [3.8, 4) is 0 Å². The molecule has 6 heteroatoms. The van der Waals surface area contributed by atoms with E-state index in [0.29, 0.717) is 26.1 Å². The van der Waals surface area contributed by atoms with E-state index < -0.39 is 0 Å². The minimum Gasteiger partial charge on any atom is -0.466 e. The molecule has 25 heavy (non-hydrogen) atoms. The van der Waals surface area contributed by atoms with Gasteiger partial charge in [-0.15, -0.1) is 0 Å². The number of carbonyl (C=O) groups is 2. The highest BCUT2D eigenvalue weighted by atomic mass is 16.5. The Hall–Kier alpha value is -1.14. The van der Waals surface area contributed by atoms with Crippen LogP contribution in [0, 0.1) is 0 Å². The first-order valence-corrected chi connectivity index (χ1v) is 9.60. The molecule has 0 atom stereocenters.